The van der Waals surface area contributed by atoms with Gasteiger partial charge in [0.15, 0.2) is 17.3 Å². The number of nitriles is 1. The summed E-state index contributed by atoms with van der Waals surface area (Å²) in [5, 5.41) is 12.8. The highest BCUT2D eigenvalue weighted by Crippen LogP contribution is 2.45. The van der Waals surface area contributed by atoms with E-state index >= 15 is 4.39 Å². The van der Waals surface area contributed by atoms with Crippen LogP contribution in [0.1, 0.15) is 40.3 Å². The number of nitrogens with zero attached hydrogens (tertiary/aromatic N) is 2. The molecule has 2 atom stereocenters. The third kappa shape index (κ3) is 5.90. The minimum absolute atomic E-state index is 0.136. The Kier molecular flexibility index (Phi) is 8.32. The SMILES string of the molecule is N#Cc1cncc(COc2cc(O[C@H]3CCc4c(-c5ccc6c(c5F)OCCO6)cccc43)c(Cl)cc2CN[C@H]2CONC2=O)c1. The van der Waals surface area contributed by atoms with Crippen LogP contribution in [0.25, 0.3) is 11.1 Å². The van der Waals surface area contributed by atoms with Crippen molar-refractivity contribution in [2.75, 3.05) is 19.8 Å². The summed E-state index contributed by atoms with van der Waals surface area (Å²) in [6.45, 7) is 1.28. The van der Waals surface area contributed by atoms with E-state index in [9.17, 15) is 10.1 Å². The Morgan fingerprint density at radius 3 is 2.85 bits per heavy atom. The summed E-state index contributed by atoms with van der Waals surface area (Å²) in [4.78, 5) is 21.2. The van der Waals surface area contributed by atoms with E-state index in [1.165, 1.54) is 6.20 Å². The molecular formula is C34H28ClFN4O6. The first-order valence-electron chi connectivity index (χ1n) is 14.8. The maximum absolute atomic E-state index is 15.6. The second kappa shape index (κ2) is 12.8. The third-order valence-electron chi connectivity index (χ3n) is 8.13. The Morgan fingerprint density at radius 1 is 1.11 bits per heavy atom. The van der Waals surface area contributed by atoms with Crippen LogP contribution in [0.4, 0.5) is 4.39 Å². The highest BCUT2D eigenvalue weighted by atomic mass is 35.5. The number of carbonyl (C=O) groups is 1. The Morgan fingerprint density at radius 2 is 2.00 bits per heavy atom. The van der Waals surface area contributed by atoms with Gasteiger partial charge in [-0.3, -0.25) is 19.9 Å². The summed E-state index contributed by atoms with van der Waals surface area (Å²) in [5.74, 6) is 0.738. The van der Waals surface area contributed by atoms with Gasteiger partial charge in [0, 0.05) is 41.7 Å². The van der Waals surface area contributed by atoms with Crippen molar-refractivity contribution in [3.63, 3.8) is 0 Å². The van der Waals surface area contributed by atoms with Crippen molar-refractivity contribution in [1.82, 2.24) is 15.8 Å². The molecule has 0 spiro atoms. The molecule has 234 valence electrons. The van der Waals surface area contributed by atoms with Crippen LogP contribution in [0.2, 0.25) is 5.02 Å². The number of hydrogen-bond acceptors (Lipinski definition) is 9. The van der Waals surface area contributed by atoms with Crippen LogP contribution < -0.4 is 29.7 Å². The second-order valence-corrected chi connectivity index (χ2v) is 11.5. The minimum atomic E-state index is -0.526. The van der Waals surface area contributed by atoms with Gasteiger partial charge in [-0.2, -0.15) is 5.26 Å². The van der Waals surface area contributed by atoms with Gasteiger partial charge in [-0.25, -0.2) is 9.87 Å². The average molecular weight is 643 g/mol. The zero-order valence-corrected chi connectivity index (χ0v) is 25.2. The number of hydroxylamine groups is 1. The molecule has 46 heavy (non-hydrogen) atoms. The number of nitrogens with one attached hydrogen (secondary N) is 2. The molecule has 0 radical (unpaired) electrons. The number of ether oxygens (including phenoxy) is 4. The second-order valence-electron chi connectivity index (χ2n) is 11.1. The average Bonchev–Trinajstić information content (AvgIpc) is 3.70. The molecule has 2 N–H and O–H groups in total. The van der Waals surface area contributed by atoms with Crippen LogP contribution >= 0.6 is 11.6 Å². The molecule has 12 heteroatoms. The predicted molar refractivity (Wildman–Crippen MR) is 164 cm³/mol. The molecule has 1 amide bonds. The largest absolute Gasteiger partial charge is 0.488 e. The van der Waals surface area contributed by atoms with E-state index < -0.39 is 11.9 Å². The number of amides is 1. The lowest BCUT2D eigenvalue weighted by molar-refractivity contribution is -0.125. The monoisotopic (exact) mass is 642 g/mol. The van der Waals surface area contributed by atoms with E-state index in [-0.39, 0.29) is 37.5 Å². The lowest BCUT2D eigenvalue weighted by Crippen LogP contribution is -2.37. The van der Waals surface area contributed by atoms with Gasteiger partial charge in [-0.05, 0) is 53.8 Å². The summed E-state index contributed by atoms with van der Waals surface area (Å²) >= 11 is 6.77. The number of aromatic nitrogens is 1. The summed E-state index contributed by atoms with van der Waals surface area (Å²) in [5.41, 5.74) is 7.34. The third-order valence-corrected chi connectivity index (χ3v) is 8.43. The first-order chi connectivity index (χ1) is 22.5. The normalized spacial score (nSPS) is 18.1. The molecule has 4 aromatic rings. The highest BCUT2D eigenvalue weighted by Gasteiger charge is 2.30. The Hall–Kier alpha value is -4.89. The molecule has 3 aliphatic rings. The molecule has 1 saturated heterocycles. The van der Waals surface area contributed by atoms with Crippen molar-refractivity contribution in [2.45, 2.75) is 38.1 Å². The molecule has 0 bridgehead atoms. The van der Waals surface area contributed by atoms with Crippen molar-refractivity contribution in [3.05, 3.63) is 99.6 Å². The lowest BCUT2D eigenvalue weighted by atomic mass is 9.96. The summed E-state index contributed by atoms with van der Waals surface area (Å²) in [7, 11) is 0. The number of rotatable bonds is 9. The fraction of sp³-hybridized carbons (Fsp3) is 0.265. The van der Waals surface area contributed by atoms with E-state index in [1.807, 2.05) is 18.2 Å². The van der Waals surface area contributed by atoms with E-state index in [0.29, 0.717) is 70.6 Å². The maximum Gasteiger partial charge on any atom is 0.263 e. The molecule has 2 aliphatic heterocycles. The van der Waals surface area contributed by atoms with Gasteiger partial charge in [0.1, 0.15) is 49.5 Å². The van der Waals surface area contributed by atoms with Crippen molar-refractivity contribution in [1.29, 1.82) is 5.26 Å². The molecule has 7 rings (SSSR count). The van der Waals surface area contributed by atoms with Crippen LogP contribution in [-0.4, -0.2) is 36.8 Å². The zero-order chi connectivity index (χ0) is 31.6. The predicted octanol–water partition coefficient (Wildman–Crippen LogP) is 5.35. The standard InChI is InChI=1S/C34H28ClFN4O6/c35-26-11-21(16-39-27-18-45-40-34(27)41)30(44-17-20-10-19(13-37)14-38-15-20)12-31(26)46-28-6-4-23-22(2-1-3-24(23)28)25-5-7-29-33(32(25)36)43-9-8-42-29/h1-3,5,7,10-12,14-15,27-28,39H,4,6,8-9,16-18H2,(H,40,41)/t27-,28-/m0/s1. The Labute approximate surface area is 268 Å². The Balaban J connectivity index is 1.16. The molecular weight excluding hydrogens is 615 g/mol. The van der Waals surface area contributed by atoms with E-state index in [1.54, 1.807) is 36.5 Å². The number of halogens is 2. The van der Waals surface area contributed by atoms with Gasteiger partial charge in [0.25, 0.3) is 5.91 Å². The van der Waals surface area contributed by atoms with Gasteiger partial charge in [-0.1, -0.05) is 29.8 Å². The van der Waals surface area contributed by atoms with Crippen molar-refractivity contribution >= 4 is 17.5 Å². The molecule has 0 unspecified atom stereocenters. The minimum Gasteiger partial charge on any atom is -0.488 e. The number of pyridine rings is 1. The highest BCUT2D eigenvalue weighted by molar-refractivity contribution is 6.32. The van der Waals surface area contributed by atoms with E-state index in [2.05, 4.69) is 21.9 Å². The number of benzene rings is 3. The molecule has 3 heterocycles. The molecule has 0 saturated carbocycles. The van der Waals surface area contributed by atoms with Crippen molar-refractivity contribution < 1.29 is 33.0 Å². The first-order valence-corrected chi connectivity index (χ1v) is 15.2. The quantitative estimate of drug-likeness (QED) is 0.249. The molecule has 1 aromatic heterocycles. The molecule has 3 aromatic carbocycles. The summed E-state index contributed by atoms with van der Waals surface area (Å²) in [6.07, 6.45) is 4.12. The van der Waals surface area contributed by atoms with Gasteiger partial charge in [-0.15, -0.1) is 0 Å². The molecule has 1 aliphatic carbocycles. The summed E-state index contributed by atoms with van der Waals surface area (Å²) < 4.78 is 39.4. The van der Waals surface area contributed by atoms with Crippen LogP contribution in [0.5, 0.6) is 23.0 Å². The first kappa shape index (κ1) is 29.8. The van der Waals surface area contributed by atoms with Gasteiger partial charge >= 0.3 is 0 Å². The summed E-state index contributed by atoms with van der Waals surface area (Å²) in [6, 6.07) is 16.0. The lowest BCUT2D eigenvalue weighted by Gasteiger charge is -2.21. The van der Waals surface area contributed by atoms with Crippen molar-refractivity contribution in [3.8, 4) is 40.2 Å². The number of carbonyl (C=O) groups excluding carboxylic acids is 1. The topological polar surface area (TPSA) is 124 Å². The molecule has 1 fully saturated rings. The van der Waals surface area contributed by atoms with Gasteiger partial charge in [0.05, 0.1) is 17.2 Å². The van der Waals surface area contributed by atoms with Crippen LogP contribution in [0.15, 0.2) is 60.9 Å². The smallest absolute Gasteiger partial charge is 0.263 e. The van der Waals surface area contributed by atoms with Gasteiger partial charge in [0.2, 0.25) is 0 Å². The van der Waals surface area contributed by atoms with Crippen LogP contribution in [0, 0.1) is 17.1 Å². The Bertz CT molecular complexity index is 1860. The van der Waals surface area contributed by atoms with Crippen LogP contribution in [0.3, 0.4) is 0 Å². The zero-order valence-electron chi connectivity index (χ0n) is 24.5. The number of hydrogen-bond donors (Lipinski definition) is 2. The van der Waals surface area contributed by atoms with E-state index in [0.717, 1.165) is 16.7 Å². The van der Waals surface area contributed by atoms with Crippen molar-refractivity contribution in [2.24, 2.45) is 0 Å². The van der Waals surface area contributed by atoms with E-state index in [4.69, 9.17) is 35.4 Å². The van der Waals surface area contributed by atoms with Crippen LogP contribution in [-0.2, 0) is 29.2 Å². The fourth-order valence-electron chi connectivity index (χ4n) is 5.89. The molecule has 10 nitrogen and oxygen atoms in total. The van der Waals surface area contributed by atoms with Gasteiger partial charge < -0.3 is 18.9 Å². The maximum atomic E-state index is 15.6. The number of fused-ring (bicyclic) bond motifs is 2. The fourth-order valence-corrected chi connectivity index (χ4v) is 6.12.